The molecular formula is C45H53N7O8S. The highest BCUT2D eigenvalue weighted by Gasteiger charge is 2.62. The van der Waals surface area contributed by atoms with Crippen LogP contribution < -0.4 is 20.1 Å². The molecule has 61 heavy (non-hydrogen) atoms. The molecule has 4 fully saturated rings. The lowest BCUT2D eigenvalue weighted by atomic mass is 10.0. The van der Waals surface area contributed by atoms with Crippen LogP contribution in [0.15, 0.2) is 86.0 Å². The second kappa shape index (κ2) is 17.7. The summed E-state index contributed by atoms with van der Waals surface area (Å²) in [4.78, 5) is 67.5. The normalized spacial score (nSPS) is 23.0. The number of amides is 4. The van der Waals surface area contributed by atoms with Crippen LogP contribution in [0.5, 0.6) is 5.88 Å². The largest absolute Gasteiger partial charge is 0.473 e. The number of hydrogen-bond donors (Lipinski definition) is 3. The van der Waals surface area contributed by atoms with E-state index in [2.05, 4.69) is 28.5 Å². The molecule has 3 N–H and O–H groups in total. The number of carbonyl (C=O) groups is 4. The molecule has 8 rings (SSSR count). The number of allylic oxidation sites excluding steroid dienone is 1. The summed E-state index contributed by atoms with van der Waals surface area (Å²) in [7, 11) is -3.92. The number of alkyl carbamates (subject to hydrolysis) is 1. The molecule has 0 bridgehead atoms. The van der Waals surface area contributed by atoms with Gasteiger partial charge in [0.25, 0.3) is 5.91 Å². The topological polar surface area (TPSA) is 190 Å². The first-order chi connectivity index (χ1) is 29.5. The van der Waals surface area contributed by atoms with Crippen LogP contribution in [0.4, 0.5) is 4.79 Å². The number of nitrogens with zero attached hydrogens (tertiary/aromatic N) is 4. The van der Waals surface area contributed by atoms with E-state index in [-0.39, 0.29) is 25.5 Å². The molecule has 16 heteroatoms. The highest BCUT2D eigenvalue weighted by Crippen LogP contribution is 2.45. The number of ether oxygens (including phenoxy) is 2. The molecule has 322 valence electrons. The summed E-state index contributed by atoms with van der Waals surface area (Å²) >= 11 is 0. The van der Waals surface area contributed by atoms with Crippen LogP contribution in [0.3, 0.4) is 0 Å². The molecule has 1 unspecified atom stereocenters. The van der Waals surface area contributed by atoms with Crippen molar-refractivity contribution in [2.24, 2.45) is 5.92 Å². The predicted molar refractivity (Wildman–Crippen MR) is 229 cm³/mol. The van der Waals surface area contributed by atoms with Crippen molar-refractivity contribution in [3.05, 3.63) is 86.0 Å². The molecule has 1 aliphatic heterocycles. The number of carbonyl (C=O) groups excluding carboxylic acids is 4. The molecule has 15 nitrogen and oxygen atoms in total. The second-order valence-electron chi connectivity index (χ2n) is 16.7. The Balaban J connectivity index is 1.11. The Kier molecular flexibility index (Phi) is 12.2. The number of imidazole rings is 1. The lowest BCUT2D eigenvalue weighted by Gasteiger charge is -2.30. The Morgan fingerprint density at radius 2 is 1.69 bits per heavy atom. The van der Waals surface area contributed by atoms with Crippen molar-refractivity contribution in [3.63, 3.8) is 0 Å². The fourth-order valence-corrected chi connectivity index (χ4v) is 10.0. The van der Waals surface area contributed by atoms with Gasteiger partial charge in [0.1, 0.15) is 29.8 Å². The number of sulfonamides is 1. The maximum absolute atomic E-state index is 14.8. The van der Waals surface area contributed by atoms with Gasteiger partial charge in [-0.15, -0.1) is 13.2 Å². The van der Waals surface area contributed by atoms with E-state index < -0.39 is 68.7 Å². The smallest absolute Gasteiger partial charge is 0.408 e. The zero-order valence-corrected chi connectivity index (χ0v) is 35.0. The maximum atomic E-state index is 14.8. The number of benzene rings is 2. The summed E-state index contributed by atoms with van der Waals surface area (Å²) in [5.41, 5.74) is 1.32. The van der Waals surface area contributed by atoms with Crippen LogP contribution >= 0.6 is 0 Å². The molecule has 2 aromatic heterocycles. The maximum Gasteiger partial charge on any atom is 0.408 e. The molecule has 5 atom stereocenters. The zero-order valence-electron chi connectivity index (χ0n) is 34.2. The molecule has 0 spiro atoms. The summed E-state index contributed by atoms with van der Waals surface area (Å²) in [5, 5.41) is 5.03. The van der Waals surface area contributed by atoms with Crippen molar-refractivity contribution in [1.29, 1.82) is 0 Å². The van der Waals surface area contributed by atoms with Crippen LogP contribution in [-0.2, 0) is 29.1 Å². The van der Waals surface area contributed by atoms with Crippen LogP contribution in [0.1, 0.15) is 83.5 Å². The van der Waals surface area contributed by atoms with Gasteiger partial charge in [0, 0.05) is 24.0 Å². The zero-order chi connectivity index (χ0) is 42.7. The third kappa shape index (κ3) is 9.14. The SMILES string of the molecule is C=CCCCCC[C@H](NC(=O)OC1CCCC1)C(=O)N1C[C@H](Oc2cc(-c3ccccc3)nc3nc4ccccc4n23)C[C@H]1C(=O)N[C@]1(C(=O)NS(=O)(=O)C2CC2)CC1C=C. The molecule has 3 saturated carbocycles. The number of fused-ring (bicyclic) bond motifs is 3. The van der Waals surface area contributed by atoms with Crippen molar-refractivity contribution in [2.45, 2.75) is 119 Å². The van der Waals surface area contributed by atoms with E-state index in [9.17, 15) is 27.6 Å². The van der Waals surface area contributed by atoms with Crippen LogP contribution in [0.25, 0.3) is 28.1 Å². The minimum atomic E-state index is -3.92. The summed E-state index contributed by atoms with van der Waals surface area (Å²) in [5.74, 6) is -1.73. The van der Waals surface area contributed by atoms with Gasteiger partial charge in [0.2, 0.25) is 33.5 Å². The van der Waals surface area contributed by atoms with Crippen molar-refractivity contribution in [2.75, 3.05) is 6.54 Å². The van der Waals surface area contributed by atoms with Gasteiger partial charge in [0.05, 0.1) is 28.5 Å². The number of likely N-dealkylation sites (tertiary alicyclic amines) is 1. The Morgan fingerprint density at radius 3 is 2.41 bits per heavy atom. The average Bonchev–Trinajstić information content (AvgIpc) is 4.07. The van der Waals surface area contributed by atoms with Gasteiger partial charge >= 0.3 is 6.09 Å². The first-order valence-electron chi connectivity index (χ1n) is 21.4. The van der Waals surface area contributed by atoms with Gasteiger partial charge in [-0.3, -0.25) is 19.1 Å². The highest BCUT2D eigenvalue weighted by molar-refractivity contribution is 7.91. The van der Waals surface area contributed by atoms with E-state index in [1.54, 1.807) is 10.5 Å². The first kappa shape index (κ1) is 41.9. The van der Waals surface area contributed by atoms with Gasteiger partial charge in [-0.25, -0.2) is 27.6 Å². The molecule has 3 aliphatic carbocycles. The second-order valence-corrected chi connectivity index (χ2v) is 18.6. The number of aromatic nitrogens is 3. The molecule has 4 aromatic rings. The molecule has 0 radical (unpaired) electrons. The van der Waals surface area contributed by atoms with Crippen molar-refractivity contribution < 1.29 is 37.1 Å². The van der Waals surface area contributed by atoms with Crippen LogP contribution in [0.2, 0.25) is 0 Å². The molecule has 4 aliphatic rings. The fraction of sp³-hybridized carbons (Fsp3) is 0.467. The van der Waals surface area contributed by atoms with E-state index in [0.717, 1.165) is 56.0 Å². The Bertz CT molecular complexity index is 2430. The third-order valence-electron chi connectivity index (χ3n) is 12.3. The van der Waals surface area contributed by atoms with E-state index in [0.29, 0.717) is 48.6 Å². The fourth-order valence-electron chi connectivity index (χ4n) is 8.64. The van der Waals surface area contributed by atoms with E-state index in [4.69, 9.17) is 19.4 Å². The monoisotopic (exact) mass is 851 g/mol. The lowest BCUT2D eigenvalue weighted by molar-refractivity contribution is -0.141. The summed E-state index contributed by atoms with van der Waals surface area (Å²) in [6.07, 6.45) is 9.55. The number of unbranched alkanes of at least 4 members (excludes halogenated alkanes) is 3. The van der Waals surface area contributed by atoms with Gasteiger partial charge in [-0.2, -0.15) is 0 Å². The first-order valence-corrected chi connectivity index (χ1v) is 22.9. The van der Waals surface area contributed by atoms with E-state index >= 15 is 0 Å². The summed E-state index contributed by atoms with van der Waals surface area (Å²) in [6.45, 7) is 7.58. The van der Waals surface area contributed by atoms with Crippen LogP contribution in [-0.4, -0.2) is 93.1 Å². The summed E-state index contributed by atoms with van der Waals surface area (Å²) in [6, 6.07) is 16.8. The number of nitrogens with one attached hydrogen (secondary N) is 3. The Hall–Kier alpha value is -5.77. The van der Waals surface area contributed by atoms with Crippen molar-refractivity contribution >= 4 is 50.6 Å². The standard InChI is InChI=1S/C45H53N7O8S/c1-3-5-6-7-11-21-35(48-44(56)60-31-18-12-13-19-31)41(54)51-28-32(25-38(51)40(53)49-45(27-30(45)4-2)42(55)50-61(57,58)33-23-24-33)59-39-26-36(29-16-9-8-10-17-29)47-43-46-34-20-14-15-22-37(34)52(39)43/h3-4,8-10,14-17,20,22,26,30-33,35,38H,1-2,5-7,11-13,18-19,21,23-25,27-28H2,(H,48,56)(H,49,53)(H,50,55)/t30?,32-,35+,38+,45-/m1/s1. The predicted octanol–water partition coefficient (Wildman–Crippen LogP) is 5.74. The van der Waals surface area contributed by atoms with Crippen molar-refractivity contribution in [1.82, 2.24) is 34.6 Å². The highest BCUT2D eigenvalue weighted by atomic mass is 32.2. The minimum Gasteiger partial charge on any atom is -0.473 e. The molecule has 3 heterocycles. The van der Waals surface area contributed by atoms with Crippen LogP contribution in [0, 0.1) is 5.92 Å². The minimum absolute atomic E-state index is 0.0179. The Labute approximate surface area is 355 Å². The number of rotatable bonds is 18. The molecular weight excluding hydrogens is 799 g/mol. The van der Waals surface area contributed by atoms with Gasteiger partial charge in [0.15, 0.2) is 0 Å². The Morgan fingerprint density at radius 1 is 0.934 bits per heavy atom. The van der Waals surface area contributed by atoms with Crippen molar-refractivity contribution in [3.8, 4) is 17.1 Å². The van der Waals surface area contributed by atoms with Gasteiger partial charge in [-0.1, -0.05) is 67.5 Å². The van der Waals surface area contributed by atoms with Gasteiger partial charge in [-0.05, 0) is 76.3 Å². The lowest BCUT2D eigenvalue weighted by Crippen LogP contribution is -2.58. The molecule has 4 amide bonds. The van der Waals surface area contributed by atoms with E-state index in [1.807, 2.05) is 60.7 Å². The van der Waals surface area contributed by atoms with Gasteiger partial charge < -0.3 is 25.0 Å². The van der Waals surface area contributed by atoms with E-state index in [1.165, 1.54) is 11.0 Å². The average molecular weight is 852 g/mol. The molecule has 2 aromatic carbocycles. The number of para-hydroxylation sites is 2. The number of hydrogen-bond acceptors (Lipinski definition) is 10. The quantitative estimate of drug-likeness (QED) is 0.0822. The summed E-state index contributed by atoms with van der Waals surface area (Å²) < 4.78 is 42.2. The third-order valence-corrected chi connectivity index (χ3v) is 14.1. The molecule has 1 saturated heterocycles.